The highest BCUT2D eigenvalue weighted by molar-refractivity contribution is 5.76. The lowest BCUT2D eigenvalue weighted by Gasteiger charge is -2.24. The van der Waals surface area contributed by atoms with Crippen LogP contribution in [0.4, 0.5) is 0 Å². The predicted octanol–water partition coefficient (Wildman–Crippen LogP) is 1.55. The number of aliphatic hydroxyl groups is 1. The molecule has 1 aliphatic rings. The minimum absolute atomic E-state index is 0.125. The Hall–Kier alpha value is -0.570. The Labute approximate surface area is 86.1 Å². The van der Waals surface area contributed by atoms with E-state index in [1.807, 2.05) is 4.90 Å². The summed E-state index contributed by atoms with van der Waals surface area (Å²) in [5.41, 5.74) is 0. The molecule has 0 aromatic rings. The van der Waals surface area contributed by atoms with Gasteiger partial charge in [0.25, 0.3) is 0 Å². The second-order valence-electron chi connectivity index (χ2n) is 3.98. The summed E-state index contributed by atoms with van der Waals surface area (Å²) in [6.07, 6.45) is 7.23. The molecule has 0 aromatic carbocycles. The number of hydrogen-bond donors (Lipinski definition) is 1. The quantitative estimate of drug-likeness (QED) is 0.749. The van der Waals surface area contributed by atoms with Gasteiger partial charge in [0.05, 0.1) is 0 Å². The molecule has 1 heterocycles. The van der Waals surface area contributed by atoms with Gasteiger partial charge in [-0.25, -0.2) is 0 Å². The molecule has 0 unspecified atom stereocenters. The average molecular weight is 199 g/mol. The van der Waals surface area contributed by atoms with Crippen molar-refractivity contribution in [2.45, 2.75) is 44.9 Å². The Kier molecular flexibility index (Phi) is 5.60. The molecule has 0 aliphatic carbocycles. The van der Waals surface area contributed by atoms with Gasteiger partial charge in [-0.3, -0.25) is 4.79 Å². The van der Waals surface area contributed by atoms with Crippen LogP contribution in [0.3, 0.4) is 0 Å². The van der Waals surface area contributed by atoms with Gasteiger partial charge in [-0.05, 0) is 19.3 Å². The van der Waals surface area contributed by atoms with Gasteiger partial charge in [-0.1, -0.05) is 19.3 Å². The number of nitrogens with zero attached hydrogens (tertiary/aromatic N) is 1. The molecule has 0 aromatic heterocycles. The summed E-state index contributed by atoms with van der Waals surface area (Å²) in [6, 6.07) is 0. The topological polar surface area (TPSA) is 40.5 Å². The predicted molar refractivity (Wildman–Crippen MR) is 56.0 cm³/mol. The maximum Gasteiger partial charge on any atom is 0.222 e. The fourth-order valence-corrected chi connectivity index (χ4v) is 1.89. The number of hydrogen-bond acceptors (Lipinski definition) is 2. The minimum atomic E-state index is 0.125. The van der Waals surface area contributed by atoms with Crippen LogP contribution in [0.1, 0.15) is 44.9 Å². The molecule has 82 valence electrons. The van der Waals surface area contributed by atoms with Crippen LogP contribution in [-0.2, 0) is 4.79 Å². The highest BCUT2D eigenvalue weighted by atomic mass is 16.3. The molecule has 0 spiro atoms. The third-order valence-corrected chi connectivity index (χ3v) is 2.76. The third kappa shape index (κ3) is 4.09. The van der Waals surface area contributed by atoms with Crippen molar-refractivity contribution >= 4 is 5.91 Å². The Bertz CT molecular complexity index is 163. The second kappa shape index (κ2) is 6.82. The standard InChI is InChI=1S/C11H21NO2/c13-10-6-7-11(14)12-8-4-2-1-3-5-9-12/h13H,1-10H2. The van der Waals surface area contributed by atoms with Gasteiger partial charge in [0.15, 0.2) is 0 Å². The fraction of sp³-hybridized carbons (Fsp3) is 0.909. The molecule has 1 rings (SSSR count). The van der Waals surface area contributed by atoms with Crippen molar-refractivity contribution in [3.8, 4) is 0 Å². The summed E-state index contributed by atoms with van der Waals surface area (Å²) in [5.74, 6) is 0.223. The number of amides is 1. The van der Waals surface area contributed by atoms with Gasteiger partial charge < -0.3 is 10.0 Å². The van der Waals surface area contributed by atoms with E-state index in [1.165, 1.54) is 19.3 Å². The van der Waals surface area contributed by atoms with Crippen LogP contribution in [0.5, 0.6) is 0 Å². The van der Waals surface area contributed by atoms with Gasteiger partial charge in [0, 0.05) is 26.1 Å². The first-order chi connectivity index (χ1) is 6.84. The third-order valence-electron chi connectivity index (χ3n) is 2.76. The monoisotopic (exact) mass is 199 g/mol. The van der Waals surface area contributed by atoms with Crippen LogP contribution in [-0.4, -0.2) is 35.6 Å². The number of rotatable bonds is 3. The first kappa shape index (κ1) is 11.5. The molecule has 1 saturated heterocycles. The number of carbonyl (C=O) groups is 1. The van der Waals surface area contributed by atoms with Crippen molar-refractivity contribution in [1.82, 2.24) is 4.90 Å². The van der Waals surface area contributed by atoms with Crippen molar-refractivity contribution in [2.24, 2.45) is 0 Å². The summed E-state index contributed by atoms with van der Waals surface area (Å²) in [6.45, 7) is 1.97. The van der Waals surface area contributed by atoms with Gasteiger partial charge in [-0.2, -0.15) is 0 Å². The van der Waals surface area contributed by atoms with E-state index in [4.69, 9.17) is 5.11 Å². The van der Waals surface area contributed by atoms with Crippen LogP contribution in [0, 0.1) is 0 Å². The van der Waals surface area contributed by atoms with Crippen molar-refractivity contribution in [2.75, 3.05) is 19.7 Å². The molecule has 1 amide bonds. The molecule has 1 fully saturated rings. The summed E-state index contributed by atoms with van der Waals surface area (Å²) >= 11 is 0. The molecule has 0 saturated carbocycles. The summed E-state index contributed by atoms with van der Waals surface area (Å²) in [7, 11) is 0. The largest absolute Gasteiger partial charge is 0.396 e. The number of carbonyl (C=O) groups excluding carboxylic acids is 1. The van der Waals surface area contributed by atoms with Crippen LogP contribution < -0.4 is 0 Å². The molecule has 3 heteroatoms. The zero-order chi connectivity index (χ0) is 10.2. The summed E-state index contributed by atoms with van der Waals surface area (Å²) in [5, 5.41) is 8.64. The molecular formula is C11H21NO2. The fourth-order valence-electron chi connectivity index (χ4n) is 1.89. The molecule has 0 bridgehead atoms. The molecular weight excluding hydrogens is 178 g/mol. The molecule has 0 atom stereocenters. The van der Waals surface area contributed by atoms with Gasteiger partial charge in [-0.15, -0.1) is 0 Å². The van der Waals surface area contributed by atoms with Crippen LogP contribution >= 0.6 is 0 Å². The number of likely N-dealkylation sites (tertiary alicyclic amines) is 1. The van der Waals surface area contributed by atoms with Crippen molar-refractivity contribution in [1.29, 1.82) is 0 Å². The molecule has 14 heavy (non-hydrogen) atoms. The smallest absolute Gasteiger partial charge is 0.222 e. The van der Waals surface area contributed by atoms with Gasteiger partial charge in [0.2, 0.25) is 5.91 Å². The van der Waals surface area contributed by atoms with Gasteiger partial charge >= 0.3 is 0 Å². The first-order valence-electron chi connectivity index (χ1n) is 5.73. The van der Waals surface area contributed by atoms with E-state index in [9.17, 15) is 4.79 Å². The van der Waals surface area contributed by atoms with E-state index in [2.05, 4.69) is 0 Å². The zero-order valence-corrected chi connectivity index (χ0v) is 8.87. The Balaban J connectivity index is 2.27. The van der Waals surface area contributed by atoms with E-state index in [1.54, 1.807) is 0 Å². The summed E-state index contributed by atoms with van der Waals surface area (Å²) in [4.78, 5) is 13.6. The Morgan fingerprint density at radius 2 is 1.64 bits per heavy atom. The lowest BCUT2D eigenvalue weighted by atomic mass is 10.1. The number of aliphatic hydroxyl groups excluding tert-OH is 1. The van der Waals surface area contributed by atoms with Crippen LogP contribution in [0.15, 0.2) is 0 Å². The average Bonchev–Trinajstić information content (AvgIpc) is 2.13. The zero-order valence-electron chi connectivity index (χ0n) is 8.87. The SMILES string of the molecule is O=C(CCCO)N1CCCCCCC1. The highest BCUT2D eigenvalue weighted by Gasteiger charge is 2.13. The normalized spacial score (nSPS) is 18.8. The lowest BCUT2D eigenvalue weighted by molar-refractivity contribution is -0.131. The van der Waals surface area contributed by atoms with Crippen LogP contribution in [0.25, 0.3) is 0 Å². The maximum absolute atomic E-state index is 11.6. The molecule has 3 nitrogen and oxygen atoms in total. The summed E-state index contributed by atoms with van der Waals surface area (Å²) < 4.78 is 0. The lowest BCUT2D eigenvalue weighted by Crippen LogP contribution is -2.33. The first-order valence-corrected chi connectivity index (χ1v) is 5.73. The van der Waals surface area contributed by atoms with E-state index >= 15 is 0 Å². The van der Waals surface area contributed by atoms with E-state index in [0.29, 0.717) is 12.8 Å². The Morgan fingerprint density at radius 1 is 1.07 bits per heavy atom. The molecule has 1 N–H and O–H groups in total. The minimum Gasteiger partial charge on any atom is -0.396 e. The molecule has 0 radical (unpaired) electrons. The van der Waals surface area contributed by atoms with Crippen molar-refractivity contribution < 1.29 is 9.90 Å². The van der Waals surface area contributed by atoms with E-state index in [-0.39, 0.29) is 12.5 Å². The highest BCUT2D eigenvalue weighted by Crippen LogP contribution is 2.11. The van der Waals surface area contributed by atoms with Crippen molar-refractivity contribution in [3.05, 3.63) is 0 Å². The van der Waals surface area contributed by atoms with E-state index in [0.717, 1.165) is 25.9 Å². The second-order valence-corrected chi connectivity index (χ2v) is 3.98. The molecule has 1 aliphatic heterocycles. The van der Waals surface area contributed by atoms with E-state index < -0.39 is 0 Å². The van der Waals surface area contributed by atoms with Crippen molar-refractivity contribution in [3.63, 3.8) is 0 Å². The Morgan fingerprint density at radius 3 is 2.21 bits per heavy atom. The van der Waals surface area contributed by atoms with Gasteiger partial charge in [0.1, 0.15) is 0 Å². The van der Waals surface area contributed by atoms with Crippen LogP contribution in [0.2, 0.25) is 0 Å². The maximum atomic E-state index is 11.6.